The molecule has 0 bridgehead atoms. The lowest BCUT2D eigenvalue weighted by Gasteiger charge is -2.25. The number of allylic oxidation sites excluding steroid dienone is 2. The minimum Gasteiger partial charge on any atom is -0.385 e. The molecule has 0 saturated heterocycles. The van der Waals surface area contributed by atoms with Gasteiger partial charge in [0.2, 0.25) is 0 Å². The van der Waals surface area contributed by atoms with E-state index in [9.17, 15) is 0 Å². The Balaban J connectivity index is 2.23. The van der Waals surface area contributed by atoms with E-state index in [-0.39, 0.29) is 0 Å². The van der Waals surface area contributed by atoms with E-state index >= 15 is 0 Å². The van der Waals surface area contributed by atoms with Crippen molar-refractivity contribution in [3.63, 3.8) is 0 Å². The maximum absolute atomic E-state index is 4.46. The highest BCUT2D eigenvalue weighted by Crippen LogP contribution is 2.20. The molecule has 2 rings (SSSR count). The first-order valence-electron chi connectivity index (χ1n) is 8.00. The Labute approximate surface area is 133 Å². The highest BCUT2D eigenvalue weighted by atomic mass is 15.0. The lowest BCUT2D eigenvalue weighted by atomic mass is 9.95. The predicted octanol–water partition coefficient (Wildman–Crippen LogP) is 3.50. The SMILES string of the molecule is C=C(/N=C\C(=C(/C)NC1CCCCC1)c1ccccn1)NC. The second-order valence-electron chi connectivity index (χ2n) is 5.69. The molecule has 0 atom stereocenters. The van der Waals surface area contributed by atoms with E-state index in [0.717, 1.165) is 17.0 Å². The van der Waals surface area contributed by atoms with Crippen LogP contribution in [0.5, 0.6) is 0 Å². The molecule has 118 valence electrons. The normalized spacial score (nSPS) is 17.2. The van der Waals surface area contributed by atoms with Crippen LogP contribution in [-0.4, -0.2) is 24.3 Å². The van der Waals surface area contributed by atoms with Crippen molar-refractivity contribution in [3.05, 3.63) is 48.2 Å². The third-order valence-corrected chi connectivity index (χ3v) is 4.01. The van der Waals surface area contributed by atoms with Crippen molar-refractivity contribution < 1.29 is 0 Å². The van der Waals surface area contributed by atoms with Crippen molar-refractivity contribution in [1.82, 2.24) is 15.6 Å². The largest absolute Gasteiger partial charge is 0.385 e. The Morgan fingerprint density at radius 1 is 1.32 bits per heavy atom. The Hall–Kier alpha value is -2.10. The molecule has 0 amide bonds. The van der Waals surface area contributed by atoms with Gasteiger partial charge in [0.25, 0.3) is 0 Å². The highest BCUT2D eigenvalue weighted by Gasteiger charge is 2.14. The molecule has 4 nitrogen and oxygen atoms in total. The van der Waals surface area contributed by atoms with Crippen LogP contribution in [-0.2, 0) is 0 Å². The summed E-state index contributed by atoms with van der Waals surface area (Å²) >= 11 is 0. The molecular weight excluding hydrogens is 272 g/mol. The molecule has 0 unspecified atom stereocenters. The molecule has 0 radical (unpaired) electrons. The number of hydrogen-bond acceptors (Lipinski definition) is 4. The van der Waals surface area contributed by atoms with Gasteiger partial charge in [-0.05, 0) is 31.9 Å². The van der Waals surface area contributed by atoms with Gasteiger partial charge < -0.3 is 10.6 Å². The van der Waals surface area contributed by atoms with Crippen molar-refractivity contribution in [2.24, 2.45) is 4.99 Å². The quantitative estimate of drug-likeness (QED) is 0.790. The molecule has 4 heteroatoms. The fraction of sp³-hybridized carbons (Fsp3) is 0.444. The van der Waals surface area contributed by atoms with E-state index in [1.54, 1.807) is 0 Å². The average Bonchev–Trinajstić information content (AvgIpc) is 2.56. The number of rotatable bonds is 6. The van der Waals surface area contributed by atoms with E-state index in [4.69, 9.17) is 0 Å². The minimum atomic E-state index is 0.563. The Morgan fingerprint density at radius 2 is 2.09 bits per heavy atom. The Bertz CT molecular complexity index is 539. The summed E-state index contributed by atoms with van der Waals surface area (Å²) in [5.74, 6) is 0.638. The topological polar surface area (TPSA) is 49.3 Å². The van der Waals surface area contributed by atoms with Crippen LogP contribution in [0, 0.1) is 0 Å². The molecule has 1 aromatic heterocycles. The lowest BCUT2D eigenvalue weighted by Crippen LogP contribution is -2.30. The zero-order valence-corrected chi connectivity index (χ0v) is 13.6. The van der Waals surface area contributed by atoms with Crippen LogP contribution in [0.15, 0.2) is 47.5 Å². The molecule has 0 aliphatic heterocycles. The second kappa shape index (κ2) is 8.37. The zero-order chi connectivity index (χ0) is 15.8. The number of nitrogens with zero attached hydrogens (tertiary/aromatic N) is 2. The fourth-order valence-corrected chi connectivity index (χ4v) is 2.72. The van der Waals surface area contributed by atoms with Gasteiger partial charge in [0, 0.05) is 36.8 Å². The summed E-state index contributed by atoms with van der Waals surface area (Å²) in [6.45, 7) is 5.95. The van der Waals surface area contributed by atoms with Crippen molar-refractivity contribution in [2.75, 3.05) is 7.05 Å². The van der Waals surface area contributed by atoms with Crippen molar-refractivity contribution in [1.29, 1.82) is 0 Å². The molecule has 2 N–H and O–H groups in total. The zero-order valence-electron chi connectivity index (χ0n) is 13.6. The van der Waals surface area contributed by atoms with Crippen LogP contribution in [0.3, 0.4) is 0 Å². The first-order valence-corrected chi connectivity index (χ1v) is 8.00. The van der Waals surface area contributed by atoms with Crippen molar-refractivity contribution >= 4 is 11.8 Å². The van der Waals surface area contributed by atoms with Gasteiger partial charge in [0.1, 0.15) is 5.82 Å². The summed E-state index contributed by atoms with van der Waals surface area (Å²) in [6.07, 6.45) is 10.1. The summed E-state index contributed by atoms with van der Waals surface area (Å²) in [5.41, 5.74) is 3.07. The van der Waals surface area contributed by atoms with Crippen LogP contribution < -0.4 is 10.6 Å². The van der Waals surface area contributed by atoms with E-state index < -0.39 is 0 Å². The molecule has 22 heavy (non-hydrogen) atoms. The molecule has 1 saturated carbocycles. The van der Waals surface area contributed by atoms with Gasteiger partial charge in [-0.1, -0.05) is 31.9 Å². The van der Waals surface area contributed by atoms with E-state index in [0.29, 0.717) is 11.9 Å². The van der Waals surface area contributed by atoms with Crippen LogP contribution in [0.4, 0.5) is 0 Å². The van der Waals surface area contributed by atoms with E-state index in [2.05, 4.69) is 34.1 Å². The number of nitrogens with one attached hydrogen (secondary N) is 2. The monoisotopic (exact) mass is 298 g/mol. The summed E-state index contributed by atoms with van der Waals surface area (Å²) in [5, 5.41) is 6.59. The predicted molar refractivity (Wildman–Crippen MR) is 93.5 cm³/mol. The van der Waals surface area contributed by atoms with E-state index in [1.807, 2.05) is 37.7 Å². The van der Waals surface area contributed by atoms with Crippen molar-refractivity contribution in [3.8, 4) is 0 Å². The molecule has 1 fully saturated rings. The lowest BCUT2D eigenvalue weighted by molar-refractivity contribution is 0.397. The fourth-order valence-electron chi connectivity index (χ4n) is 2.72. The number of aliphatic imine (C=N–C) groups is 1. The maximum Gasteiger partial charge on any atom is 0.118 e. The molecule has 0 aromatic carbocycles. The number of pyridine rings is 1. The third kappa shape index (κ3) is 4.72. The van der Waals surface area contributed by atoms with Crippen LogP contribution in [0.2, 0.25) is 0 Å². The van der Waals surface area contributed by atoms with Gasteiger partial charge in [-0.3, -0.25) is 4.98 Å². The maximum atomic E-state index is 4.46. The van der Waals surface area contributed by atoms with Crippen LogP contribution in [0.25, 0.3) is 5.57 Å². The van der Waals surface area contributed by atoms with Crippen LogP contribution in [0.1, 0.15) is 44.7 Å². The van der Waals surface area contributed by atoms with E-state index in [1.165, 1.54) is 32.1 Å². The second-order valence-corrected chi connectivity index (χ2v) is 5.69. The van der Waals surface area contributed by atoms with Gasteiger partial charge in [0.15, 0.2) is 0 Å². The standard InChI is InChI=1S/C18H26N4/c1-14(22-16-9-5-4-6-10-16)17(13-21-15(2)19-3)18-11-7-8-12-20-18/h7-8,11-13,16,19,22H,2,4-6,9-10H2,1,3H3/b17-14-,21-13-. The smallest absolute Gasteiger partial charge is 0.118 e. The molecule has 1 aromatic rings. The third-order valence-electron chi connectivity index (χ3n) is 4.01. The Kier molecular flexibility index (Phi) is 6.19. The summed E-state index contributed by atoms with van der Waals surface area (Å²) in [4.78, 5) is 8.82. The highest BCUT2D eigenvalue weighted by molar-refractivity contribution is 6.10. The summed E-state index contributed by atoms with van der Waals surface area (Å²) in [6, 6.07) is 6.50. The van der Waals surface area contributed by atoms with Crippen LogP contribution >= 0.6 is 0 Å². The average molecular weight is 298 g/mol. The molecule has 0 spiro atoms. The van der Waals surface area contributed by atoms with Gasteiger partial charge in [-0.15, -0.1) is 0 Å². The summed E-state index contributed by atoms with van der Waals surface area (Å²) < 4.78 is 0. The van der Waals surface area contributed by atoms with Gasteiger partial charge in [-0.2, -0.15) is 0 Å². The molecule has 1 aliphatic rings. The summed E-state index contributed by atoms with van der Waals surface area (Å²) in [7, 11) is 1.82. The molecular formula is C18H26N4. The van der Waals surface area contributed by atoms with Gasteiger partial charge in [0.05, 0.1) is 5.69 Å². The Morgan fingerprint density at radius 3 is 2.73 bits per heavy atom. The first kappa shape index (κ1) is 16.3. The minimum absolute atomic E-state index is 0.563. The van der Waals surface area contributed by atoms with Gasteiger partial charge >= 0.3 is 0 Å². The molecule has 1 aliphatic carbocycles. The number of hydrogen-bond donors (Lipinski definition) is 2. The first-order chi connectivity index (χ1) is 10.7. The number of aromatic nitrogens is 1. The van der Waals surface area contributed by atoms with Gasteiger partial charge in [-0.25, -0.2) is 4.99 Å². The molecule has 1 heterocycles. The van der Waals surface area contributed by atoms with Crippen molar-refractivity contribution in [2.45, 2.75) is 45.1 Å².